The molecule has 9 nitrogen and oxygen atoms in total. The van der Waals surface area contributed by atoms with Crippen LogP contribution in [0.3, 0.4) is 0 Å². The maximum atomic E-state index is 12.1. The first kappa shape index (κ1) is 20.3. The van der Waals surface area contributed by atoms with Gasteiger partial charge >= 0.3 is 11.8 Å². The van der Waals surface area contributed by atoms with Gasteiger partial charge in [0.2, 0.25) is 10.0 Å². The van der Waals surface area contributed by atoms with Crippen molar-refractivity contribution >= 4 is 31.7 Å². The zero-order valence-corrected chi connectivity index (χ0v) is 15.8. The maximum absolute atomic E-state index is 12.1. The summed E-state index contributed by atoms with van der Waals surface area (Å²) in [5.74, 6) is -1.70. The van der Waals surface area contributed by atoms with Gasteiger partial charge in [-0.2, -0.15) is 0 Å². The highest BCUT2D eigenvalue weighted by Crippen LogP contribution is 2.16. The van der Waals surface area contributed by atoms with Gasteiger partial charge in [-0.1, -0.05) is 12.1 Å². The van der Waals surface area contributed by atoms with E-state index in [1.807, 2.05) is 0 Å². The minimum atomic E-state index is -3.75. The number of primary sulfonamides is 1. The summed E-state index contributed by atoms with van der Waals surface area (Å²) in [6.45, 7) is 0.177. The molecule has 1 aromatic rings. The molecule has 0 aliphatic carbocycles. The topological polar surface area (TPSA) is 144 Å². The van der Waals surface area contributed by atoms with E-state index in [9.17, 15) is 26.4 Å². The van der Waals surface area contributed by atoms with Crippen LogP contribution in [0, 0.1) is 0 Å². The number of nitrogens with one attached hydrogen (secondary N) is 1. The number of hydrogen-bond donors (Lipinski definition) is 2. The monoisotopic (exact) mass is 403 g/mol. The van der Waals surface area contributed by atoms with Crippen LogP contribution in [0.2, 0.25) is 0 Å². The van der Waals surface area contributed by atoms with E-state index in [-0.39, 0.29) is 22.9 Å². The third-order valence-electron chi connectivity index (χ3n) is 4.22. The Morgan fingerprint density at radius 2 is 1.88 bits per heavy atom. The van der Waals surface area contributed by atoms with Crippen LogP contribution in [0.1, 0.15) is 12.0 Å². The molecule has 1 aliphatic heterocycles. The van der Waals surface area contributed by atoms with Crippen LogP contribution in [-0.4, -0.2) is 64.7 Å². The van der Waals surface area contributed by atoms with Crippen LogP contribution in [-0.2, 0) is 35.9 Å². The molecule has 2 rings (SSSR count). The third-order valence-corrected chi connectivity index (χ3v) is 6.90. The van der Waals surface area contributed by atoms with Gasteiger partial charge in [-0.15, -0.1) is 0 Å². The summed E-state index contributed by atoms with van der Waals surface area (Å²) in [5, 5.41) is 7.49. The summed E-state index contributed by atoms with van der Waals surface area (Å²) >= 11 is 0. The van der Waals surface area contributed by atoms with Gasteiger partial charge in [0.15, 0.2) is 9.84 Å². The Balaban J connectivity index is 1.83. The highest BCUT2D eigenvalue weighted by Gasteiger charge is 2.34. The summed E-state index contributed by atoms with van der Waals surface area (Å²) in [7, 11) is -5.48. The van der Waals surface area contributed by atoms with Crippen LogP contribution < -0.4 is 10.5 Å². The molecule has 0 spiro atoms. The lowest BCUT2D eigenvalue weighted by molar-refractivity contribution is -0.146. The van der Waals surface area contributed by atoms with Crippen molar-refractivity contribution in [3.63, 3.8) is 0 Å². The Morgan fingerprint density at radius 1 is 1.27 bits per heavy atom. The van der Waals surface area contributed by atoms with Gasteiger partial charge in [0.1, 0.15) is 0 Å². The predicted molar refractivity (Wildman–Crippen MR) is 94.4 cm³/mol. The molecule has 3 N–H and O–H groups in total. The molecular weight excluding hydrogens is 382 g/mol. The SMILES string of the molecule is CN(C(=O)C(=O)NCCc1ccc(S(N)(=O)=O)cc1)C1CCS(=O)(=O)C1. The molecule has 144 valence electrons. The van der Waals surface area contributed by atoms with E-state index >= 15 is 0 Å². The summed E-state index contributed by atoms with van der Waals surface area (Å²) in [6, 6.07) is 5.40. The van der Waals surface area contributed by atoms with Crippen molar-refractivity contribution in [2.45, 2.75) is 23.8 Å². The Morgan fingerprint density at radius 3 is 2.38 bits per heavy atom. The highest BCUT2D eigenvalue weighted by atomic mass is 32.2. The van der Waals surface area contributed by atoms with E-state index in [4.69, 9.17) is 5.14 Å². The Hall–Kier alpha value is -1.98. The number of likely N-dealkylation sites (N-methyl/N-ethyl adjacent to an activating group) is 1. The van der Waals surface area contributed by atoms with E-state index in [2.05, 4.69) is 5.32 Å². The molecule has 26 heavy (non-hydrogen) atoms. The first-order valence-corrected chi connectivity index (χ1v) is 11.2. The molecule has 1 atom stereocenters. The van der Waals surface area contributed by atoms with Crippen molar-refractivity contribution in [3.05, 3.63) is 29.8 Å². The molecule has 1 saturated heterocycles. The first-order chi connectivity index (χ1) is 12.0. The zero-order chi connectivity index (χ0) is 19.5. The van der Waals surface area contributed by atoms with Crippen molar-refractivity contribution in [2.75, 3.05) is 25.1 Å². The van der Waals surface area contributed by atoms with Gasteiger partial charge in [0, 0.05) is 19.6 Å². The van der Waals surface area contributed by atoms with E-state index in [0.29, 0.717) is 12.8 Å². The Kier molecular flexibility index (Phi) is 6.04. The molecule has 1 aromatic carbocycles. The van der Waals surface area contributed by atoms with Crippen molar-refractivity contribution in [1.82, 2.24) is 10.2 Å². The van der Waals surface area contributed by atoms with E-state index in [1.165, 1.54) is 24.1 Å². The summed E-state index contributed by atoms with van der Waals surface area (Å²) in [5.41, 5.74) is 0.764. The second-order valence-corrected chi connectivity index (χ2v) is 9.96. The van der Waals surface area contributed by atoms with Crippen molar-refractivity contribution in [3.8, 4) is 0 Å². The van der Waals surface area contributed by atoms with Crippen LogP contribution >= 0.6 is 0 Å². The molecule has 0 aromatic heterocycles. The molecule has 1 aliphatic rings. The van der Waals surface area contributed by atoms with Crippen molar-refractivity contribution < 1.29 is 26.4 Å². The number of amides is 2. The normalized spacial score (nSPS) is 19.1. The second-order valence-electron chi connectivity index (χ2n) is 6.17. The number of sulfonamides is 1. The number of nitrogens with zero attached hydrogens (tertiary/aromatic N) is 1. The summed E-state index contributed by atoms with van der Waals surface area (Å²) < 4.78 is 45.3. The first-order valence-electron chi connectivity index (χ1n) is 7.87. The van der Waals surface area contributed by atoms with Gasteiger partial charge in [-0.3, -0.25) is 9.59 Å². The minimum Gasteiger partial charge on any atom is -0.347 e. The predicted octanol–water partition coefficient (Wildman–Crippen LogP) is -1.36. The van der Waals surface area contributed by atoms with Crippen LogP contribution in [0.15, 0.2) is 29.2 Å². The number of sulfone groups is 1. The van der Waals surface area contributed by atoms with Gasteiger partial charge in [-0.25, -0.2) is 22.0 Å². The fraction of sp³-hybridized carbons (Fsp3) is 0.467. The minimum absolute atomic E-state index is 0.00592. The maximum Gasteiger partial charge on any atom is 0.311 e. The van der Waals surface area contributed by atoms with E-state index in [1.54, 1.807) is 12.1 Å². The van der Waals surface area contributed by atoms with E-state index in [0.717, 1.165) is 5.56 Å². The second kappa shape index (κ2) is 7.72. The van der Waals surface area contributed by atoms with Crippen LogP contribution in [0.25, 0.3) is 0 Å². The van der Waals surface area contributed by atoms with Gasteiger partial charge in [0.05, 0.1) is 16.4 Å². The highest BCUT2D eigenvalue weighted by molar-refractivity contribution is 7.91. The van der Waals surface area contributed by atoms with Crippen LogP contribution in [0.4, 0.5) is 0 Å². The van der Waals surface area contributed by atoms with Crippen molar-refractivity contribution in [2.24, 2.45) is 5.14 Å². The average Bonchev–Trinajstić information content (AvgIpc) is 2.93. The lowest BCUT2D eigenvalue weighted by atomic mass is 10.1. The number of hydrogen-bond acceptors (Lipinski definition) is 6. The molecule has 1 fully saturated rings. The third kappa shape index (κ3) is 5.26. The standard InChI is InChI=1S/C15H21N3O6S2/c1-18(12-7-9-25(21,22)10-12)15(20)14(19)17-8-6-11-2-4-13(5-3-11)26(16,23)24/h2-5,12H,6-10H2,1H3,(H,17,19)(H2,16,23,24). The number of carbonyl (C=O) groups excluding carboxylic acids is 2. The molecule has 11 heteroatoms. The van der Waals surface area contributed by atoms with E-state index < -0.39 is 37.7 Å². The molecule has 0 radical (unpaired) electrons. The lowest BCUT2D eigenvalue weighted by Crippen LogP contribution is -2.46. The zero-order valence-electron chi connectivity index (χ0n) is 14.2. The number of carbonyl (C=O) groups is 2. The quantitative estimate of drug-likeness (QED) is 0.581. The smallest absolute Gasteiger partial charge is 0.311 e. The molecule has 0 saturated carbocycles. The molecule has 0 bridgehead atoms. The lowest BCUT2D eigenvalue weighted by Gasteiger charge is -2.22. The fourth-order valence-electron chi connectivity index (χ4n) is 2.65. The van der Waals surface area contributed by atoms with Gasteiger partial charge in [-0.05, 0) is 30.5 Å². The van der Waals surface area contributed by atoms with Crippen LogP contribution in [0.5, 0.6) is 0 Å². The molecule has 1 heterocycles. The molecular formula is C15H21N3O6S2. The van der Waals surface area contributed by atoms with Gasteiger partial charge in [0.25, 0.3) is 0 Å². The van der Waals surface area contributed by atoms with Gasteiger partial charge < -0.3 is 10.2 Å². The largest absolute Gasteiger partial charge is 0.347 e. The molecule has 2 amide bonds. The summed E-state index contributed by atoms with van der Waals surface area (Å²) in [4.78, 5) is 25.2. The molecule has 1 unspecified atom stereocenters. The number of rotatable bonds is 5. The number of nitrogens with two attached hydrogens (primary N) is 1. The Labute approximate surface area is 152 Å². The average molecular weight is 403 g/mol. The fourth-order valence-corrected chi connectivity index (χ4v) is 4.94. The van der Waals surface area contributed by atoms with Crippen molar-refractivity contribution in [1.29, 1.82) is 0 Å². The Bertz CT molecular complexity index is 894. The summed E-state index contributed by atoms with van der Waals surface area (Å²) in [6.07, 6.45) is 0.722. The number of benzene rings is 1.